The molecule has 0 aliphatic carbocycles. The van der Waals surface area contributed by atoms with E-state index in [-0.39, 0.29) is 17.0 Å². The van der Waals surface area contributed by atoms with Crippen molar-refractivity contribution in [3.05, 3.63) is 63.8 Å². The van der Waals surface area contributed by atoms with E-state index in [9.17, 15) is 5.26 Å². The number of rotatable bonds is 5. The quantitative estimate of drug-likeness (QED) is 0.211. The van der Waals surface area contributed by atoms with Gasteiger partial charge >= 0.3 is 0 Å². The average Bonchev–Trinajstić information content (AvgIpc) is 3.33. The monoisotopic (exact) mass is 613 g/mol. The average molecular weight is 614 g/mol. The Balaban J connectivity index is 1.53. The normalized spacial score (nSPS) is 21.6. The number of halogens is 2. The Bertz CT molecular complexity index is 1790. The van der Waals surface area contributed by atoms with Crippen molar-refractivity contribution in [2.75, 3.05) is 38.1 Å². The lowest BCUT2D eigenvalue weighted by molar-refractivity contribution is 0.213. The number of aryl methyl sites for hydroxylation is 1. The topological polar surface area (TPSA) is 56.1 Å². The number of allylic oxidation sites excluding steroid dienone is 1. The summed E-state index contributed by atoms with van der Waals surface area (Å²) in [6.07, 6.45) is 7.17. The third-order valence-electron chi connectivity index (χ3n) is 9.75. The van der Waals surface area contributed by atoms with Crippen LogP contribution in [-0.4, -0.2) is 48.1 Å². The Labute approximate surface area is 263 Å². The second kappa shape index (κ2) is 12.5. The predicted molar refractivity (Wildman–Crippen MR) is 177 cm³/mol. The van der Waals surface area contributed by atoms with Crippen LogP contribution in [-0.2, 0) is 6.42 Å². The van der Waals surface area contributed by atoms with E-state index in [0.29, 0.717) is 51.8 Å². The molecule has 0 saturated carbocycles. The molecule has 0 spiro atoms. The van der Waals surface area contributed by atoms with Crippen LogP contribution >= 0.6 is 11.3 Å². The first-order chi connectivity index (χ1) is 21.2. The third-order valence-corrected chi connectivity index (χ3v) is 10.9. The first kappa shape index (κ1) is 30.6. The van der Waals surface area contributed by atoms with Gasteiger partial charge in [0.1, 0.15) is 29.0 Å². The molecule has 4 heterocycles. The highest BCUT2D eigenvalue weighted by atomic mass is 32.1. The molecule has 4 aromatic rings. The molecule has 2 aromatic heterocycles. The molecule has 2 fully saturated rings. The Morgan fingerprint density at radius 1 is 1.18 bits per heavy atom. The van der Waals surface area contributed by atoms with Crippen LogP contribution in [0.4, 0.5) is 14.6 Å². The zero-order valence-corrected chi connectivity index (χ0v) is 27.2. The molecule has 2 aliphatic rings. The van der Waals surface area contributed by atoms with Crippen molar-refractivity contribution in [3.8, 4) is 17.2 Å². The summed E-state index contributed by atoms with van der Waals surface area (Å²) in [7, 11) is 2.16. The molecule has 6 rings (SSSR count). The Kier molecular flexibility index (Phi) is 8.72. The van der Waals surface area contributed by atoms with Crippen LogP contribution in [0.25, 0.3) is 32.1 Å². The van der Waals surface area contributed by atoms with E-state index in [1.807, 2.05) is 13.0 Å². The number of nitriles is 1. The molecule has 0 bridgehead atoms. The van der Waals surface area contributed by atoms with Crippen LogP contribution < -0.4 is 4.90 Å². The highest BCUT2D eigenvalue weighted by Gasteiger charge is 2.30. The first-order valence-electron chi connectivity index (χ1n) is 15.9. The van der Waals surface area contributed by atoms with Crippen LogP contribution in [0.5, 0.6) is 0 Å². The van der Waals surface area contributed by atoms with E-state index in [2.05, 4.69) is 49.8 Å². The highest BCUT2D eigenvalue weighted by molar-refractivity contribution is 7.17. The lowest BCUT2D eigenvalue weighted by atomic mass is 9.80. The smallest absolute Gasteiger partial charge is 0.160 e. The van der Waals surface area contributed by atoms with Crippen molar-refractivity contribution >= 4 is 38.1 Å². The molecule has 0 radical (unpaired) electrons. The predicted octanol–water partition coefficient (Wildman–Crippen LogP) is 8.67. The van der Waals surface area contributed by atoms with Gasteiger partial charge < -0.3 is 9.80 Å². The molecule has 2 aliphatic heterocycles. The van der Waals surface area contributed by atoms with E-state index >= 15 is 8.78 Å². The van der Waals surface area contributed by atoms with E-state index in [1.54, 1.807) is 11.4 Å². The summed E-state index contributed by atoms with van der Waals surface area (Å²) < 4.78 is 34.0. The molecular weight excluding hydrogens is 572 g/mol. The van der Waals surface area contributed by atoms with Gasteiger partial charge in [0.05, 0.1) is 11.1 Å². The zero-order chi connectivity index (χ0) is 31.1. The molecule has 2 aromatic carbocycles. The maximum atomic E-state index is 16.9. The van der Waals surface area contributed by atoms with Crippen LogP contribution in [0.15, 0.2) is 35.2 Å². The number of thiophene rings is 1. The molecule has 0 N–H and O–H groups in total. The molecular formula is C36H41F2N5S. The summed E-state index contributed by atoms with van der Waals surface area (Å²) >= 11 is 1.43. The lowest BCUT2D eigenvalue weighted by Crippen LogP contribution is -2.37. The Hall–Kier alpha value is -3.41. The number of anilines is 1. The van der Waals surface area contributed by atoms with Gasteiger partial charge in [0, 0.05) is 53.5 Å². The van der Waals surface area contributed by atoms with Gasteiger partial charge in [-0.15, -0.1) is 11.3 Å². The summed E-state index contributed by atoms with van der Waals surface area (Å²) in [5.41, 5.74) is 3.27. The van der Waals surface area contributed by atoms with Gasteiger partial charge in [-0.25, -0.2) is 18.7 Å². The minimum atomic E-state index is -0.688. The standard InChI is InChI=1S/C36H41F2N5S/c1-6-24-12-14-42(5)19-28(24)23(4)15-30-40-34-27(36(41-30)43-13-8-7-9-21(2)18-43)16-29(37)32(33(34)38)26-11-10-22(3)35-31(26)25(17-39)20-44-35/h6,10-11,16,20-21,23,28H,7-9,12-15,18-19H2,1-5H3/b24-6+. The number of benzene rings is 2. The van der Waals surface area contributed by atoms with Gasteiger partial charge in [0.2, 0.25) is 0 Å². The molecule has 230 valence electrons. The van der Waals surface area contributed by atoms with Crippen molar-refractivity contribution in [2.24, 2.45) is 17.8 Å². The summed E-state index contributed by atoms with van der Waals surface area (Å²) in [6, 6.07) is 7.25. The van der Waals surface area contributed by atoms with Gasteiger partial charge in [-0.2, -0.15) is 5.26 Å². The van der Waals surface area contributed by atoms with Crippen molar-refractivity contribution in [1.29, 1.82) is 5.26 Å². The number of hydrogen-bond donors (Lipinski definition) is 0. The Morgan fingerprint density at radius 3 is 2.77 bits per heavy atom. The molecule has 8 heteroatoms. The van der Waals surface area contributed by atoms with Gasteiger partial charge in [0.25, 0.3) is 0 Å². The van der Waals surface area contributed by atoms with Gasteiger partial charge in [-0.05, 0) is 75.1 Å². The first-order valence-corrected chi connectivity index (χ1v) is 16.8. The van der Waals surface area contributed by atoms with E-state index in [0.717, 1.165) is 62.1 Å². The number of piperidine rings is 1. The van der Waals surface area contributed by atoms with E-state index in [4.69, 9.17) is 9.97 Å². The molecule has 0 amide bonds. The third kappa shape index (κ3) is 5.61. The number of nitrogens with zero attached hydrogens (tertiary/aromatic N) is 5. The fourth-order valence-electron chi connectivity index (χ4n) is 7.31. The molecule has 2 saturated heterocycles. The van der Waals surface area contributed by atoms with Crippen LogP contribution in [0.1, 0.15) is 63.4 Å². The second-order valence-electron chi connectivity index (χ2n) is 13.0. The number of likely N-dealkylation sites (tertiary alicyclic amines) is 1. The number of fused-ring (bicyclic) bond motifs is 2. The van der Waals surface area contributed by atoms with Crippen molar-refractivity contribution < 1.29 is 8.78 Å². The van der Waals surface area contributed by atoms with Crippen LogP contribution in [0.3, 0.4) is 0 Å². The lowest BCUT2D eigenvalue weighted by Gasteiger charge is -2.36. The molecule has 5 nitrogen and oxygen atoms in total. The molecule has 3 atom stereocenters. The maximum absolute atomic E-state index is 16.9. The van der Waals surface area contributed by atoms with Crippen LogP contribution in [0, 0.1) is 47.6 Å². The maximum Gasteiger partial charge on any atom is 0.160 e. The van der Waals surface area contributed by atoms with E-state index in [1.165, 1.54) is 23.0 Å². The largest absolute Gasteiger partial charge is 0.356 e. The minimum Gasteiger partial charge on any atom is -0.356 e. The van der Waals surface area contributed by atoms with Gasteiger partial charge in [-0.1, -0.05) is 44.1 Å². The van der Waals surface area contributed by atoms with Gasteiger partial charge in [-0.3, -0.25) is 0 Å². The summed E-state index contributed by atoms with van der Waals surface area (Å²) in [4.78, 5) is 14.5. The minimum absolute atomic E-state index is 0.129. The van der Waals surface area contributed by atoms with Crippen LogP contribution in [0.2, 0.25) is 0 Å². The SMILES string of the molecule is C/C=C1\CCN(C)CC1C(C)Cc1nc(N2CCCCC(C)C2)c2cc(F)c(-c3ccc(C)c4scc(C#N)c34)c(F)c2n1. The summed E-state index contributed by atoms with van der Waals surface area (Å²) in [6.45, 7) is 12.2. The number of aromatic nitrogens is 2. The number of hydrogen-bond acceptors (Lipinski definition) is 6. The second-order valence-corrected chi connectivity index (χ2v) is 13.9. The van der Waals surface area contributed by atoms with Crippen molar-refractivity contribution in [3.63, 3.8) is 0 Å². The molecule has 44 heavy (non-hydrogen) atoms. The summed E-state index contributed by atoms with van der Waals surface area (Å²) in [5.74, 6) is 0.958. The Morgan fingerprint density at radius 2 is 2.00 bits per heavy atom. The fraction of sp³-hybridized carbons (Fsp3) is 0.472. The zero-order valence-electron chi connectivity index (χ0n) is 26.4. The fourth-order valence-corrected chi connectivity index (χ4v) is 8.31. The van der Waals surface area contributed by atoms with Crippen molar-refractivity contribution in [2.45, 2.75) is 59.8 Å². The molecule has 3 unspecified atom stereocenters. The summed E-state index contributed by atoms with van der Waals surface area (Å²) in [5, 5.41) is 12.6. The van der Waals surface area contributed by atoms with Gasteiger partial charge in [0.15, 0.2) is 5.82 Å². The van der Waals surface area contributed by atoms with E-state index < -0.39 is 11.6 Å². The van der Waals surface area contributed by atoms with Crippen molar-refractivity contribution in [1.82, 2.24) is 14.9 Å². The highest BCUT2D eigenvalue weighted by Crippen LogP contribution is 2.42.